The Morgan fingerprint density at radius 2 is 2.00 bits per heavy atom. The average Bonchev–Trinajstić information content (AvgIpc) is 3.08. The number of aliphatic hydroxyl groups is 1. The number of hydrogen-bond donors (Lipinski definition) is 2. The van der Waals surface area contributed by atoms with Gasteiger partial charge in [0, 0.05) is 23.7 Å². The lowest BCUT2D eigenvalue weighted by atomic mass is 9.91. The smallest absolute Gasteiger partial charge is 0.0614 e. The van der Waals surface area contributed by atoms with E-state index in [1.54, 1.807) is 0 Å². The van der Waals surface area contributed by atoms with Crippen LogP contribution in [0.25, 0.3) is 0 Å². The van der Waals surface area contributed by atoms with Gasteiger partial charge in [-0.1, -0.05) is 6.92 Å². The molecule has 0 aromatic heterocycles. The van der Waals surface area contributed by atoms with Crippen LogP contribution < -0.4 is 5.32 Å². The van der Waals surface area contributed by atoms with E-state index in [0.717, 1.165) is 24.8 Å². The van der Waals surface area contributed by atoms with E-state index in [4.69, 9.17) is 0 Å². The molecular weight excluding hydrogens is 236 g/mol. The fraction of sp³-hybridized carbons (Fsp3) is 1.00. The summed E-state index contributed by atoms with van der Waals surface area (Å²) in [6.07, 6.45) is 8.89. The zero-order chi connectivity index (χ0) is 13.5. The zero-order valence-electron chi connectivity index (χ0n) is 12.6. The first-order valence-electron chi connectivity index (χ1n) is 8.26. The predicted molar refractivity (Wildman–Crippen MR) is 78.2 cm³/mol. The molecule has 0 spiro atoms. The minimum absolute atomic E-state index is 0.0363. The standard InChI is InChI=1S/C16H30N2O/c1-12-6-8-18(13(2)9-12)15-5-7-16(10-15,11-19)17-14-3-4-14/h12-15,17,19H,3-11H2,1-2H3. The molecule has 1 heterocycles. The Morgan fingerprint density at radius 1 is 1.21 bits per heavy atom. The maximum absolute atomic E-state index is 9.84. The minimum atomic E-state index is 0.0363. The van der Waals surface area contributed by atoms with Crippen molar-refractivity contribution < 1.29 is 5.11 Å². The second-order valence-electron chi connectivity index (χ2n) is 7.47. The summed E-state index contributed by atoms with van der Waals surface area (Å²) in [5.74, 6) is 0.889. The summed E-state index contributed by atoms with van der Waals surface area (Å²) in [4.78, 5) is 2.73. The Bertz CT molecular complexity index is 318. The highest BCUT2D eigenvalue weighted by Crippen LogP contribution is 2.38. The van der Waals surface area contributed by atoms with Crippen LogP contribution in [0.2, 0.25) is 0 Å². The first-order chi connectivity index (χ1) is 9.12. The molecule has 3 nitrogen and oxygen atoms in total. The molecule has 0 amide bonds. The maximum Gasteiger partial charge on any atom is 0.0614 e. The molecule has 4 atom stereocenters. The van der Waals surface area contributed by atoms with Gasteiger partial charge in [-0.05, 0) is 64.3 Å². The molecule has 3 heteroatoms. The van der Waals surface area contributed by atoms with Gasteiger partial charge in [-0.2, -0.15) is 0 Å². The first kappa shape index (κ1) is 13.8. The van der Waals surface area contributed by atoms with Gasteiger partial charge in [0.25, 0.3) is 0 Å². The highest BCUT2D eigenvalue weighted by atomic mass is 16.3. The molecule has 3 fully saturated rings. The summed E-state index contributed by atoms with van der Waals surface area (Å²) >= 11 is 0. The van der Waals surface area contributed by atoms with Crippen LogP contribution in [-0.2, 0) is 0 Å². The zero-order valence-corrected chi connectivity index (χ0v) is 12.6. The van der Waals surface area contributed by atoms with Gasteiger partial charge in [0.1, 0.15) is 0 Å². The number of hydrogen-bond acceptors (Lipinski definition) is 3. The fourth-order valence-electron chi connectivity index (χ4n) is 4.33. The topological polar surface area (TPSA) is 35.5 Å². The van der Waals surface area contributed by atoms with Crippen molar-refractivity contribution in [3.8, 4) is 0 Å². The van der Waals surface area contributed by atoms with Crippen molar-refractivity contribution in [2.75, 3.05) is 13.2 Å². The van der Waals surface area contributed by atoms with Gasteiger partial charge >= 0.3 is 0 Å². The molecule has 3 aliphatic rings. The van der Waals surface area contributed by atoms with Crippen molar-refractivity contribution >= 4 is 0 Å². The average molecular weight is 266 g/mol. The van der Waals surface area contributed by atoms with E-state index in [0.29, 0.717) is 18.7 Å². The Balaban J connectivity index is 1.60. The molecule has 2 saturated carbocycles. The van der Waals surface area contributed by atoms with Gasteiger partial charge in [0.2, 0.25) is 0 Å². The molecule has 2 N–H and O–H groups in total. The normalized spacial score (nSPS) is 44.7. The molecule has 0 aromatic rings. The van der Waals surface area contributed by atoms with Crippen molar-refractivity contribution in [2.24, 2.45) is 5.92 Å². The van der Waals surface area contributed by atoms with Crippen molar-refractivity contribution in [3.05, 3.63) is 0 Å². The van der Waals surface area contributed by atoms with E-state index in [9.17, 15) is 5.11 Å². The molecule has 2 aliphatic carbocycles. The maximum atomic E-state index is 9.84. The third-order valence-corrected chi connectivity index (χ3v) is 5.63. The number of nitrogens with zero attached hydrogens (tertiary/aromatic N) is 1. The fourth-order valence-corrected chi connectivity index (χ4v) is 4.33. The van der Waals surface area contributed by atoms with Crippen molar-refractivity contribution in [3.63, 3.8) is 0 Å². The van der Waals surface area contributed by atoms with Gasteiger partial charge in [-0.15, -0.1) is 0 Å². The van der Waals surface area contributed by atoms with Crippen molar-refractivity contribution in [2.45, 2.75) is 82.5 Å². The number of piperidine rings is 1. The summed E-state index contributed by atoms with van der Waals surface area (Å²) in [6, 6.07) is 2.12. The van der Waals surface area contributed by atoms with E-state index < -0.39 is 0 Å². The largest absolute Gasteiger partial charge is 0.394 e. The number of aliphatic hydroxyl groups excluding tert-OH is 1. The monoisotopic (exact) mass is 266 g/mol. The summed E-state index contributed by atoms with van der Waals surface area (Å²) in [7, 11) is 0. The quantitative estimate of drug-likeness (QED) is 0.818. The molecular formula is C16H30N2O. The highest BCUT2D eigenvalue weighted by molar-refractivity contribution is 5.04. The number of rotatable bonds is 4. The number of nitrogens with one attached hydrogen (secondary N) is 1. The van der Waals surface area contributed by atoms with Crippen molar-refractivity contribution in [1.82, 2.24) is 10.2 Å². The Kier molecular flexibility index (Phi) is 3.89. The van der Waals surface area contributed by atoms with Crippen LogP contribution in [0.3, 0.4) is 0 Å². The lowest BCUT2D eigenvalue weighted by Crippen LogP contribution is -2.51. The van der Waals surface area contributed by atoms with Gasteiger partial charge in [-0.25, -0.2) is 0 Å². The second kappa shape index (κ2) is 5.34. The SMILES string of the molecule is CC1CCN(C2CCC(CO)(NC3CC3)C2)C(C)C1. The lowest BCUT2D eigenvalue weighted by Gasteiger charge is -2.41. The second-order valence-corrected chi connectivity index (χ2v) is 7.47. The Labute approximate surface area is 117 Å². The van der Waals surface area contributed by atoms with Gasteiger partial charge in [0.15, 0.2) is 0 Å². The van der Waals surface area contributed by atoms with Gasteiger partial charge in [-0.3, -0.25) is 4.90 Å². The molecule has 110 valence electrons. The van der Waals surface area contributed by atoms with Crippen molar-refractivity contribution in [1.29, 1.82) is 0 Å². The van der Waals surface area contributed by atoms with Crippen LogP contribution in [0, 0.1) is 5.92 Å². The molecule has 0 radical (unpaired) electrons. The van der Waals surface area contributed by atoms with E-state index in [1.165, 1.54) is 38.6 Å². The Hall–Kier alpha value is -0.120. The van der Waals surface area contributed by atoms with E-state index in [2.05, 4.69) is 24.1 Å². The molecule has 0 bridgehead atoms. The van der Waals surface area contributed by atoms with Crippen LogP contribution in [0.15, 0.2) is 0 Å². The third kappa shape index (κ3) is 2.98. The molecule has 4 unspecified atom stereocenters. The molecule has 0 aromatic carbocycles. The third-order valence-electron chi connectivity index (χ3n) is 5.63. The predicted octanol–water partition coefficient (Wildman–Crippen LogP) is 2.14. The van der Waals surface area contributed by atoms with E-state index in [1.807, 2.05) is 0 Å². The Morgan fingerprint density at radius 3 is 2.63 bits per heavy atom. The van der Waals surface area contributed by atoms with Crippen LogP contribution in [0.5, 0.6) is 0 Å². The summed E-state index contributed by atoms with van der Waals surface area (Å²) in [6.45, 7) is 6.36. The van der Waals surface area contributed by atoms with E-state index in [-0.39, 0.29) is 5.54 Å². The van der Waals surface area contributed by atoms with Gasteiger partial charge in [0.05, 0.1) is 6.61 Å². The molecule has 19 heavy (non-hydrogen) atoms. The van der Waals surface area contributed by atoms with E-state index >= 15 is 0 Å². The van der Waals surface area contributed by atoms with Gasteiger partial charge < -0.3 is 10.4 Å². The lowest BCUT2D eigenvalue weighted by molar-refractivity contribution is 0.0740. The summed E-state index contributed by atoms with van der Waals surface area (Å²) < 4.78 is 0. The van der Waals surface area contributed by atoms with Crippen LogP contribution in [0.1, 0.15) is 58.8 Å². The summed E-state index contributed by atoms with van der Waals surface area (Å²) in [5.41, 5.74) is 0.0363. The molecule has 3 rings (SSSR count). The van der Waals surface area contributed by atoms with Crippen LogP contribution >= 0.6 is 0 Å². The first-order valence-corrected chi connectivity index (χ1v) is 8.26. The molecule has 1 aliphatic heterocycles. The highest BCUT2D eigenvalue weighted by Gasteiger charge is 2.44. The number of likely N-dealkylation sites (tertiary alicyclic amines) is 1. The van der Waals surface area contributed by atoms with Crippen LogP contribution in [-0.4, -0.2) is 46.8 Å². The summed E-state index contributed by atoms with van der Waals surface area (Å²) in [5, 5.41) is 13.6. The minimum Gasteiger partial charge on any atom is -0.394 e. The molecule has 1 saturated heterocycles. The van der Waals surface area contributed by atoms with Crippen LogP contribution in [0.4, 0.5) is 0 Å².